The van der Waals surface area contributed by atoms with Crippen molar-refractivity contribution in [2.45, 2.75) is 51.9 Å². The Bertz CT molecular complexity index is 74.2. The zero-order valence-corrected chi connectivity index (χ0v) is 8.80. The first-order valence-corrected chi connectivity index (χ1v) is 5.45. The van der Waals surface area contributed by atoms with Gasteiger partial charge in [0, 0.05) is 13.2 Å². The molecule has 1 radical (unpaired) electrons. The van der Waals surface area contributed by atoms with Crippen LogP contribution in [0, 0.1) is 6.61 Å². The first-order chi connectivity index (χ1) is 6.41. The van der Waals surface area contributed by atoms with Crippen LogP contribution in [0.5, 0.6) is 0 Å². The van der Waals surface area contributed by atoms with Gasteiger partial charge < -0.3 is 9.84 Å². The minimum absolute atomic E-state index is 0.649. The maximum atomic E-state index is 8.36. The fourth-order valence-electron chi connectivity index (χ4n) is 1.22. The van der Waals surface area contributed by atoms with Crippen LogP contribution in [-0.2, 0) is 4.74 Å². The van der Waals surface area contributed by atoms with E-state index in [4.69, 9.17) is 9.84 Å². The van der Waals surface area contributed by atoms with Crippen LogP contribution in [0.4, 0.5) is 0 Å². The zero-order chi connectivity index (χ0) is 9.78. The van der Waals surface area contributed by atoms with Crippen molar-refractivity contribution in [1.82, 2.24) is 0 Å². The van der Waals surface area contributed by atoms with Crippen LogP contribution >= 0.6 is 0 Å². The first-order valence-electron chi connectivity index (χ1n) is 5.45. The molecule has 0 aliphatic rings. The van der Waals surface area contributed by atoms with E-state index in [2.05, 4.69) is 6.92 Å². The van der Waals surface area contributed by atoms with E-state index >= 15 is 0 Å². The molecule has 0 heterocycles. The summed E-state index contributed by atoms with van der Waals surface area (Å²) < 4.78 is 5.29. The summed E-state index contributed by atoms with van der Waals surface area (Å²) in [4.78, 5) is 0. The molecule has 0 amide bonds. The van der Waals surface area contributed by atoms with Crippen molar-refractivity contribution in [1.29, 1.82) is 0 Å². The van der Waals surface area contributed by atoms with Crippen molar-refractivity contribution in [3.63, 3.8) is 0 Å². The smallest absolute Gasteiger partial charge is 0.0821 e. The molecule has 0 fully saturated rings. The number of hydrogen-bond donors (Lipinski definition) is 1. The minimum Gasteiger partial charge on any atom is -0.390 e. The standard InChI is InChI=1S/C11H23O2/c1-2-3-4-5-6-7-10-13-11-8-9-12/h9,12H,2-8,10-11H2,1H3. The molecule has 13 heavy (non-hydrogen) atoms. The molecular weight excluding hydrogens is 164 g/mol. The van der Waals surface area contributed by atoms with Crippen LogP contribution in [0.2, 0.25) is 0 Å². The lowest BCUT2D eigenvalue weighted by molar-refractivity contribution is 0.124. The summed E-state index contributed by atoms with van der Waals surface area (Å²) in [6, 6.07) is 0. The molecule has 0 spiro atoms. The third-order valence-corrected chi connectivity index (χ3v) is 2.03. The summed E-state index contributed by atoms with van der Waals surface area (Å²) in [6.07, 6.45) is 8.46. The van der Waals surface area contributed by atoms with Crippen molar-refractivity contribution in [3.8, 4) is 0 Å². The average molecular weight is 187 g/mol. The van der Waals surface area contributed by atoms with Crippen molar-refractivity contribution < 1.29 is 9.84 Å². The summed E-state index contributed by atoms with van der Waals surface area (Å²) in [5.74, 6) is 0. The number of aliphatic hydroxyl groups excluding tert-OH is 1. The first kappa shape index (κ1) is 12.9. The lowest BCUT2D eigenvalue weighted by Crippen LogP contribution is -1.97. The monoisotopic (exact) mass is 187 g/mol. The summed E-state index contributed by atoms with van der Waals surface area (Å²) >= 11 is 0. The van der Waals surface area contributed by atoms with Gasteiger partial charge in [-0.25, -0.2) is 0 Å². The summed E-state index contributed by atoms with van der Waals surface area (Å²) in [7, 11) is 0. The van der Waals surface area contributed by atoms with E-state index < -0.39 is 0 Å². The highest BCUT2D eigenvalue weighted by atomic mass is 16.5. The average Bonchev–Trinajstić information content (AvgIpc) is 2.16. The van der Waals surface area contributed by atoms with Gasteiger partial charge >= 0.3 is 0 Å². The Morgan fingerprint density at radius 3 is 2.38 bits per heavy atom. The van der Waals surface area contributed by atoms with Gasteiger partial charge in [-0.1, -0.05) is 39.0 Å². The van der Waals surface area contributed by atoms with Crippen LogP contribution in [0.1, 0.15) is 51.9 Å². The Morgan fingerprint density at radius 2 is 1.69 bits per heavy atom. The highest BCUT2D eigenvalue weighted by Gasteiger charge is 1.90. The van der Waals surface area contributed by atoms with E-state index in [1.54, 1.807) is 0 Å². The molecule has 2 heteroatoms. The van der Waals surface area contributed by atoms with Crippen LogP contribution < -0.4 is 0 Å². The molecule has 2 nitrogen and oxygen atoms in total. The number of unbranched alkanes of at least 4 members (excludes halogenated alkanes) is 5. The number of hydrogen-bond acceptors (Lipinski definition) is 2. The lowest BCUT2D eigenvalue weighted by atomic mass is 10.1. The summed E-state index contributed by atoms with van der Waals surface area (Å²) in [5, 5.41) is 8.36. The molecule has 0 unspecified atom stereocenters. The fourth-order valence-corrected chi connectivity index (χ4v) is 1.22. The second-order valence-electron chi connectivity index (χ2n) is 3.35. The third-order valence-electron chi connectivity index (χ3n) is 2.03. The van der Waals surface area contributed by atoms with Gasteiger partial charge in [-0.15, -0.1) is 0 Å². The highest BCUT2D eigenvalue weighted by molar-refractivity contribution is 4.46. The molecular formula is C11H23O2. The zero-order valence-electron chi connectivity index (χ0n) is 8.80. The predicted molar refractivity (Wildman–Crippen MR) is 55.0 cm³/mol. The van der Waals surface area contributed by atoms with Gasteiger partial charge in [0.2, 0.25) is 0 Å². The van der Waals surface area contributed by atoms with Crippen LogP contribution in [0.15, 0.2) is 0 Å². The number of rotatable bonds is 10. The third kappa shape index (κ3) is 11.9. The maximum Gasteiger partial charge on any atom is 0.0821 e. The largest absolute Gasteiger partial charge is 0.390 e. The molecule has 0 rings (SSSR count). The SMILES string of the molecule is CCCCCCCCOCC[CH]O. The van der Waals surface area contributed by atoms with Crippen molar-refractivity contribution >= 4 is 0 Å². The van der Waals surface area contributed by atoms with Gasteiger partial charge in [0.25, 0.3) is 0 Å². The summed E-state index contributed by atoms with van der Waals surface area (Å²) in [5.41, 5.74) is 0. The van der Waals surface area contributed by atoms with Gasteiger partial charge in [-0.3, -0.25) is 0 Å². The van der Waals surface area contributed by atoms with E-state index in [0.29, 0.717) is 13.0 Å². The van der Waals surface area contributed by atoms with E-state index in [1.165, 1.54) is 32.1 Å². The second-order valence-corrected chi connectivity index (χ2v) is 3.35. The molecule has 0 bridgehead atoms. The van der Waals surface area contributed by atoms with Crippen LogP contribution in [-0.4, -0.2) is 18.3 Å². The molecule has 0 aliphatic heterocycles. The van der Waals surface area contributed by atoms with Crippen molar-refractivity contribution in [2.75, 3.05) is 13.2 Å². The number of ether oxygens (including phenoxy) is 1. The minimum atomic E-state index is 0.649. The van der Waals surface area contributed by atoms with Gasteiger partial charge in [0.1, 0.15) is 0 Å². The van der Waals surface area contributed by atoms with Crippen molar-refractivity contribution in [2.24, 2.45) is 0 Å². The second kappa shape index (κ2) is 11.9. The molecule has 1 N–H and O–H groups in total. The Hall–Kier alpha value is -0.0800. The lowest BCUT2D eigenvalue weighted by Gasteiger charge is -2.02. The van der Waals surface area contributed by atoms with Gasteiger partial charge in [-0.2, -0.15) is 0 Å². The molecule has 0 saturated heterocycles. The van der Waals surface area contributed by atoms with E-state index in [-0.39, 0.29) is 0 Å². The molecule has 0 aromatic rings. The maximum absolute atomic E-state index is 8.36. The molecule has 0 saturated carbocycles. The Kier molecular flexibility index (Phi) is 11.8. The van der Waals surface area contributed by atoms with Crippen LogP contribution in [0.3, 0.4) is 0 Å². The number of aliphatic hydroxyl groups is 1. The summed E-state index contributed by atoms with van der Waals surface area (Å²) in [6.45, 7) is 4.89. The Balaban J connectivity index is 2.76. The normalized spacial score (nSPS) is 10.6. The quantitative estimate of drug-likeness (QED) is 0.532. The van der Waals surface area contributed by atoms with E-state index in [1.807, 2.05) is 0 Å². The van der Waals surface area contributed by atoms with Gasteiger partial charge in [0.05, 0.1) is 6.61 Å². The topological polar surface area (TPSA) is 29.5 Å². The Morgan fingerprint density at radius 1 is 1.00 bits per heavy atom. The van der Waals surface area contributed by atoms with Crippen molar-refractivity contribution in [3.05, 3.63) is 6.61 Å². The molecule has 0 aromatic carbocycles. The molecule has 0 aliphatic carbocycles. The van der Waals surface area contributed by atoms with E-state index in [9.17, 15) is 0 Å². The van der Waals surface area contributed by atoms with E-state index in [0.717, 1.165) is 19.6 Å². The molecule has 0 aromatic heterocycles. The predicted octanol–water partition coefficient (Wildman–Crippen LogP) is 3.29. The van der Waals surface area contributed by atoms with Gasteiger partial charge in [0.15, 0.2) is 0 Å². The Labute approximate surface area is 82.3 Å². The molecule has 79 valence electrons. The van der Waals surface area contributed by atoms with Gasteiger partial charge in [-0.05, 0) is 12.8 Å². The van der Waals surface area contributed by atoms with Crippen LogP contribution in [0.25, 0.3) is 0 Å². The highest BCUT2D eigenvalue weighted by Crippen LogP contribution is 2.04. The molecule has 0 atom stereocenters. The fraction of sp³-hybridized carbons (Fsp3) is 0.909.